The Kier molecular flexibility index (Phi) is 4.84. The molecule has 100 valence electrons. The Morgan fingerprint density at radius 1 is 1.18 bits per heavy atom. The highest BCUT2D eigenvalue weighted by molar-refractivity contribution is 5.73. The third kappa shape index (κ3) is 5.42. The molecule has 0 bridgehead atoms. The maximum atomic E-state index is 11.5. The number of nitrogens with zero attached hydrogens (tertiary/aromatic N) is 1. The molecule has 2 amide bonds. The Morgan fingerprint density at radius 3 is 2.12 bits per heavy atom. The number of nitrogens with one attached hydrogen (secondary N) is 1. The van der Waals surface area contributed by atoms with E-state index in [2.05, 4.69) is 26.1 Å². The highest BCUT2D eigenvalue weighted by Gasteiger charge is 2.25. The standard InChI is InChI=1S/C14H28N2O/c1-14(2,3)10-11-6-8-12(9-7-11)15-13(17)16(4)5/h11-12H,6-10H2,1-5H3,(H,15,17). The summed E-state index contributed by atoms with van der Waals surface area (Å²) in [6.45, 7) is 6.94. The fourth-order valence-electron chi connectivity index (χ4n) is 2.68. The number of urea groups is 1. The number of carbonyl (C=O) groups excluding carboxylic acids is 1. The van der Waals surface area contributed by atoms with E-state index in [0.29, 0.717) is 11.5 Å². The lowest BCUT2D eigenvalue weighted by molar-refractivity contribution is 0.192. The van der Waals surface area contributed by atoms with Crippen LogP contribution in [-0.2, 0) is 0 Å². The normalized spacial score (nSPS) is 25.5. The van der Waals surface area contributed by atoms with Gasteiger partial charge in [0.25, 0.3) is 0 Å². The van der Waals surface area contributed by atoms with Gasteiger partial charge in [-0.3, -0.25) is 0 Å². The van der Waals surface area contributed by atoms with Crippen molar-refractivity contribution in [3.05, 3.63) is 0 Å². The minimum atomic E-state index is 0.0456. The monoisotopic (exact) mass is 240 g/mol. The van der Waals surface area contributed by atoms with Crippen molar-refractivity contribution in [2.75, 3.05) is 14.1 Å². The number of amides is 2. The molecule has 0 aromatic rings. The Hall–Kier alpha value is -0.730. The van der Waals surface area contributed by atoms with Gasteiger partial charge in [0.2, 0.25) is 0 Å². The Bertz CT molecular complexity index is 247. The van der Waals surface area contributed by atoms with Gasteiger partial charge in [-0.05, 0) is 43.4 Å². The van der Waals surface area contributed by atoms with Gasteiger partial charge >= 0.3 is 6.03 Å². The fraction of sp³-hybridized carbons (Fsp3) is 0.929. The van der Waals surface area contributed by atoms with Gasteiger partial charge in [0.15, 0.2) is 0 Å². The summed E-state index contributed by atoms with van der Waals surface area (Å²) in [6, 6.07) is 0.436. The van der Waals surface area contributed by atoms with Gasteiger partial charge in [-0.15, -0.1) is 0 Å². The van der Waals surface area contributed by atoms with Gasteiger partial charge in [-0.25, -0.2) is 4.79 Å². The quantitative estimate of drug-likeness (QED) is 0.789. The summed E-state index contributed by atoms with van der Waals surface area (Å²) in [5.74, 6) is 0.850. The molecule has 3 nitrogen and oxygen atoms in total. The van der Waals surface area contributed by atoms with Crippen LogP contribution >= 0.6 is 0 Å². The maximum Gasteiger partial charge on any atom is 0.317 e. The lowest BCUT2D eigenvalue weighted by Crippen LogP contribution is -2.43. The molecule has 0 spiro atoms. The van der Waals surface area contributed by atoms with Crippen LogP contribution < -0.4 is 5.32 Å². The van der Waals surface area contributed by atoms with Crippen LogP contribution in [0.5, 0.6) is 0 Å². The fourth-order valence-corrected chi connectivity index (χ4v) is 2.68. The van der Waals surface area contributed by atoms with Gasteiger partial charge in [0.1, 0.15) is 0 Å². The summed E-state index contributed by atoms with van der Waals surface area (Å²) in [5, 5.41) is 3.09. The third-order valence-electron chi connectivity index (χ3n) is 3.48. The van der Waals surface area contributed by atoms with Crippen LogP contribution in [0.15, 0.2) is 0 Å². The molecule has 0 aliphatic heterocycles. The van der Waals surface area contributed by atoms with E-state index in [1.54, 1.807) is 19.0 Å². The first-order valence-corrected chi connectivity index (χ1v) is 6.76. The maximum absolute atomic E-state index is 11.5. The lowest BCUT2D eigenvalue weighted by Gasteiger charge is -2.33. The SMILES string of the molecule is CN(C)C(=O)NC1CCC(CC(C)(C)C)CC1. The third-order valence-corrected chi connectivity index (χ3v) is 3.48. The number of hydrogen-bond acceptors (Lipinski definition) is 1. The minimum absolute atomic E-state index is 0.0456. The van der Waals surface area contributed by atoms with Crippen molar-refractivity contribution in [3.63, 3.8) is 0 Å². The Labute approximate surface area is 106 Å². The minimum Gasteiger partial charge on any atom is -0.335 e. The van der Waals surface area contributed by atoms with Crippen LogP contribution in [0.1, 0.15) is 52.9 Å². The van der Waals surface area contributed by atoms with Crippen LogP contribution in [0.25, 0.3) is 0 Å². The molecule has 0 unspecified atom stereocenters. The summed E-state index contributed by atoms with van der Waals surface area (Å²) < 4.78 is 0. The van der Waals surface area contributed by atoms with E-state index in [0.717, 1.165) is 18.8 Å². The molecule has 0 saturated heterocycles. The Morgan fingerprint density at radius 2 is 1.71 bits per heavy atom. The molecule has 17 heavy (non-hydrogen) atoms. The van der Waals surface area contributed by atoms with Crippen LogP contribution in [0.4, 0.5) is 4.79 Å². The summed E-state index contributed by atoms with van der Waals surface area (Å²) in [5.41, 5.74) is 0.435. The van der Waals surface area contributed by atoms with Crippen molar-refractivity contribution in [1.82, 2.24) is 10.2 Å². The first-order chi connectivity index (χ1) is 7.78. The second kappa shape index (κ2) is 5.74. The number of hydrogen-bond donors (Lipinski definition) is 1. The molecule has 0 aromatic carbocycles. The highest BCUT2D eigenvalue weighted by atomic mass is 16.2. The van der Waals surface area contributed by atoms with Crippen molar-refractivity contribution in [2.24, 2.45) is 11.3 Å². The van der Waals surface area contributed by atoms with Crippen molar-refractivity contribution in [1.29, 1.82) is 0 Å². The first kappa shape index (κ1) is 14.3. The van der Waals surface area contributed by atoms with E-state index in [1.165, 1.54) is 19.3 Å². The summed E-state index contributed by atoms with van der Waals surface area (Å²) in [7, 11) is 3.58. The summed E-state index contributed by atoms with van der Waals surface area (Å²) in [6.07, 6.45) is 6.10. The van der Waals surface area contributed by atoms with Crippen LogP contribution in [0, 0.1) is 11.3 Å². The van der Waals surface area contributed by atoms with E-state index in [1.807, 2.05) is 0 Å². The second-order valence-corrected chi connectivity index (χ2v) is 6.83. The van der Waals surface area contributed by atoms with E-state index in [9.17, 15) is 4.79 Å². The smallest absolute Gasteiger partial charge is 0.317 e. The zero-order valence-electron chi connectivity index (χ0n) is 12.0. The van der Waals surface area contributed by atoms with E-state index in [4.69, 9.17) is 0 Å². The van der Waals surface area contributed by atoms with Gasteiger partial charge in [0.05, 0.1) is 0 Å². The van der Waals surface area contributed by atoms with Crippen LogP contribution in [0.3, 0.4) is 0 Å². The molecule has 0 atom stereocenters. The molecular formula is C14H28N2O. The molecule has 1 rings (SSSR count). The Balaban J connectivity index is 2.29. The number of rotatable bonds is 2. The van der Waals surface area contributed by atoms with E-state index < -0.39 is 0 Å². The predicted molar refractivity (Wildman–Crippen MR) is 72.0 cm³/mol. The van der Waals surface area contributed by atoms with Crippen LogP contribution in [-0.4, -0.2) is 31.1 Å². The van der Waals surface area contributed by atoms with Gasteiger partial charge < -0.3 is 10.2 Å². The largest absolute Gasteiger partial charge is 0.335 e. The average Bonchev–Trinajstić information content (AvgIpc) is 2.18. The molecule has 3 heteroatoms. The van der Waals surface area contributed by atoms with Gasteiger partial charge in [-0.2, -0.15) is 0 Å². The van der Waals surface area contributed by atoms with E-state index >= 15 is 0 Å². The van der Waals surface area contributed by atoms with Crippen molar-refractivity contribution < 1.29 is 4.79 Å². The van der Waals surface area contributed by atoms with Crippen molar-refractivity contribution in [3.8, 4) is 0 Å². The molecule has 1 saturated carbocycles. The van der Waals surface area contributed by atoms with E-state index in [-0.39, 0.29) is 6.03 Å². The second-order valence-electron chi connectivity index (χ2n) is 6.83. The molecular weight excluding hydrogens is 212 g/mol. The van der Waals surface area contributed by atoms with Crippen molar-refractivity contribution >= 4 is 6.03 Å². The molecule has 0 heterocycles. The highest BCUT2D eigenvalue weighted by Crippen LogP contribution is 2.34. The molecule has 1 N–H and O–H groups in total. The topological polar surface area (TPSA) is 32.3 Å². The molecule has 1 aliphatic carbocycles. The lowest BCUT2D eigenvalue weighted by atomic mass is 9.76. The predicted octanol–water partition coefficient (Wildman–Crippen LogP) is 3.25. The molecule has 0 radical (unpaired) electrons. The average molecular weight is 240 g/mol. The first-order valence-electron chi connectivity index (χ1n) is 6.76. The van der Waals surface area contributed by atoms with Gasteiger partial charge in [0, 0.05) is 20.1 Å². The molecule has 0 aromatic heterocycles. The zero-order valence-corrected chi connectivity index (χ0v) is 12.0. The zero-order chi connectivity index (χ0) is 13.1. The summed E-state index contributed by atoms with van der Waals surface area (Å²) in [4.78, 5) is 13.1. The van der Waals surface area contributed by atoms with Crippen molar-refractivity contribution in [2.45, 2.75) is 58.9 Å². The molecule has 1 fully saturated rings. The van der Waals surface area contributed by atoms with Crippen LogP contribution in [0.2, 0.25) is 0 Å². The molecule has 1 aliphatic rings. The number of carbonyl (C=O) groups is 1. The summed E-state index contributed by atoms with van der Waals surface area (Å²) >= 11 is 0. The van der Waals surface area contributed by atoms with Gasteiger partial charge in [-0.1, -0.05) is 20.8 Å².